The summed E-state index contributed by atoms with van der Waals surface area (Å²) in [6.45, 7) is 12.0. The summed E-state index contributed by atoms with van der Waals surface area (Å²) in [7, 11) is 0. The maximum absolute atomic E-state index is 12.5. The fraction of sp³-hybridized carbons (Fsp3) is 0.714. The van der Waals surface area contributed by atoms with Crippen LogP contribution >= 0.6 is 0 Å². The molecule has 3 heterocycles. The van der Waals surface area contributed by atoms with E-state index < -0.39 is 41.1 Å². The van der Waals surface area contributed by atoms with Crippen LogP contribution in [0.5, 0.6) is 5.75 Å². The van der Waals surface area contributed by atoms with E-state index in [1.54, 1.807) is 34.6 Å². The van der Waals surface area contributed by atoms with Gasteiger partial charge in [0.1, 0.15) is 29.3 Å². The summed E-state index contributed by atoms with van der Waals surface area (Å²) in [4.78, 5) is 25.0. The average molecular weight is 394 g/mol. The molecule has 7 nitrogen and oxygen atoms in total. The van der Waals surface area contributed by atoms with E-state index in [-0.39, 0.29) is 11.7 Å². The molecule has 0 amide bonds. The van der Waals surface area contributed by atoms with Gasteiger partial charge in [-0.1, -0.05) is 20.8 Å². The Kier molecular flexibility index (Phi) is 5.01. The molecule has 0 aromatic carbocycles. The molecular formula is C21H30O7. The zero-order chi connectivity index (χ0) is 21.2. The van der Waals surface area contributed by atoms with Gasteiger partial charge in [0.15, 0.2) is 11.6 Å². The van der Waals surface area contributed by atoms with E-state index in [1.807, 2.05) is 6.92 Å². The molecule has 156 valence electrons. The number of hydrogen-bond acceptors (Lipinski definition) is 7. The molecule has 0 aliphatic carbocycles. The first kappa shape index (κ1) is 21.0. The molecule has 1 saturated heterocycles. The number of aryl methyl sites for hydroxylation is 1. The molecule has 3 rings (SSSR count). The molecular weight excluding hydrogens is 364 g/mol. The summed E-state index contributed by atoms with van der Waals surface area (Å²) >= 11 is 0. The van der Waals surface area contributed by atoms with Crippen molar-refractivity contribution < 1.29 is 28.9 Å². The predicted molar refractivity (Wildman–Crippen MR) is 101 cm³/mol. The number of ether oxygens (including phenoxy) is 2. The first-order valence-corrected chi connectivity index (χ1v) is 9.75. The lowest BCUT2D eigenvalue weighted by Gasteiger charge is -2.57. The van der Waals surface area contributed by atoms with Gasteiger partial charge in [-0.05, 0) is 34.1 Å². The zero-order valence-electron chi connectivity index (χ0n) is 17.5. The fourth-order valence-electron chi connectivity index (χ4n) is 4.45. The molecule has 0 bridgehead atoms. The van der Waals surface area contributed by atoms with Gasteiger partial charge >= 0.3 is 5.63 Å². The Hall–Kier alpha value is -1.70. The highest BCUT2D eigenvalue weighted by Crippen LogP contribution is 2.51. The average Bonchev–Trinajstić information content (AvgIpc) is 2.61. The smallest absolute Gasteiger partial charge is 0.342 e. The molecule has 1 aromatic rings. The second-order valence-corrected chi connectivity index (χ2v) is 8.86. The highest BCUT2D eigenvalue weighted by Gasteiger charge is 2.62. The monoisotopic (exact) mass is 394 g/mol. The molecule has 2 N–H and O–H groups in total. The van der Waals surface area contributed by atoms with E-state index >= 15 is 0 Å². The van der Waals surface area contributed by atoms with Gasteiger partial charge in [0.2, 0.25) is 0 Å². The van der Waals surface area contributed by atoms with E-state index in [4.69, 9.17) is 13.9 Å². The van der Waals surface area contributed by atoms with Gasteiger partial charge in [0.25, 0.3) is 0 Å². The molecule has 0 spiro atoms. The largest absolute Gasteiger partial charge is 0.483 e. The van der Waals surface area contributed by atoms with E-state index in [2.05, 4.69) is 0 Å². The van der Waals surface area contributed by atoms with Crippen LogP contribution < -0.4 is 10.4 Å². The summed E-state index contributed by atoms with van der Waals surface area (Å²) in [5.74, 6) is -2.29. The van der Waals surface area contributed by atoms with E-state index in [0.29, 0.717) is 29.1 Å². The number of ketones is 1. The number of aliphatic hydroxyl groups excluding tert-OH is 1. The third-order valence-corrected chi connectivity index (χ3v) is 6.64. The van der Waals surface area contributed by atoms with Gasteiger partial charge in [-0.2, -0.15) is 0 Å². The Balaban J connectivity index is 2.16. The van der Waals surface area contributed by atoms with Crippen molar-refractivity contribution in [2.45, 2.75) is 78.5 Å². The summed E-state index contributed by atoms with van der Waals surface area (Å²) in [5, 5.41) is 21.7. The predicted octanol–water partition coefficient (Wildman–Crippen LogP) is 1.90. The molecule has 0 radical (unpaired) electrons. The van der Waals surface area contributed by atoms with E-state index in [9.17, 15) is 19.8 Å². The molecule has 0 unspecified atom stereocenters. The Morgan fingerprint density at radius 2 is 1.86 bits per heavy atom. The van der Waals surface area contributed by atoms with Crippen molar-refractivity contribution >= 4 is 5.78 Å². The Bertz CT molecular complexity index is 853. The van der Waals surface area contributed by atoms with Gasteiger partial charge in [-0.15, -0.1) is 0 Å². The lowest BCUT2D eigenvalue weighted by atomic mass is 9.65. The van der Waals surface area contributed by atoms with E-state index in [0.717, 1.165) is 0 Å². The van der Waals surface area contributed by atoms with Crippen molar-refractivity contribution in [2.75, 3.05) is 0 Å². The summed E-state index contributed by atoms with van der Waals surface area (Å²) in [5.41, 5.74) is -0.459. The number of hydrogen-bond donors (Lipinski definition) is 2. The molecule has 2 aliphatic heterocycles. The lowest BCUT2D eigenvalue weighted by molar-refractivity contribution is -0.342. The minimum atomic E-state index is -1.59. The Labute approximate surface area is 164 Å². The number of Topliss-reactive ketones (excluding diaryl/α,β-unsaturated/α-hetero) is 1. The van der Waals surface area contributed by atoms with Crippen LogP contribution in [-0.2, 0) is 16.0 Å². The van der Waals surface area contributed by atoms with Gasteiger partial charge in [0, 0.05) is 23.3 Å². The van der Waals surface area contributed by atoms with Crippen molar-refractivity contribution in [2.24, 2.45) is 17.8 Å². The minimum absolute atomic E-state index is 0.301. The van der Waals surface area contributed by atoms with Gasteiger partial charge < -0.3 is 24.1 Å². The SMILES string of the molecule is Cc1oc(=O)c2c(c1C)O[C@@]1(C)[C@H](C2)[C@@H](C)[C@@](C)(O)O[C@@H]1[C@H](O)C(=O)C(C)C. The minimum Gasteiger partial charge on any atom is -0.483 e. The van der Waals surface area contributed by atoms with Crippen molar-refractivity contribution in [3.05, 3.63) is 27.3 Å². The number of fused-ring (bicyclic) bond motifs is 2. The van der Waals surface area contributed by atoms with Crippen molar-refractivity contribution in [1.29, 1.82) is 0 Å². The highest BCUT2D eigenvalue weighted by molar-refractivity contribution is 5.85. The maximum atomic E-state index is 12.5. The molecule has 1 fully saturated rings. The van der Waals surface area contributed by atoms with Crippen LogP contribution in [-0.4, -0.2) is 39.6 Å². The van der Waals surface area contributed by atoms with Crippen LogP contribution in [0.1, 0.15) is 51.5 Å². The van der Waals surface area contributed by atoms with Crippen LogP contribution in [0.3, 0.4) is 0 Å². The number of carbonyl (C=O) groups is 1. The topological polar surface area (TPSA) is 106 Å². The molecule has 1 aromatic heterocycles. The third-order valence-electron chi connectivity index (χ3n) is 6.64. The van der Waals surface area contributed by atoms with Crippen molar-refractivity contribution in [1.82, 2.24) is 0 Å². The molecule has 7 heteroatoms. The van der Waals surface area contributed by atoms with Gasteiger partial charge in [0.05, 0.1) is 5.56 Å². The summed E-state index contributed by atoms with van der Waals surface area (Å²) < 4.78 is 17.5. The van der Waals surface area contributed by atoms with Crippen LogP contribution in [0.25, 0.3) is 0 Å². The first-order chi connectivity index (χ1) is 12.8. The summed E-state index contributed by atoms with van der Waals surface area (Å²) in [6.07, 6.45) is -2.25. The molecule has 2 aliphatic rings. The van der Waals surface area contributed by atoms with Crippen LogP contribution in [0, 0.1) is 31.6 Å². The van der Waals surface area contributed by atoms with E-state index in [1.165, 1.54) is 6.92 Å². The molecule has 28 heavy (non-hydrogen) atoms. The molecule has 6 atom stereocenters. The van der Waals surface area contributed by atoms with Crippen LogP contribution in [0.15, 0.2) is 9.21 Å². The van der Waals surface area contributed by atoms with Crippen molar-refractivity contribution in [3.63, 3.8) is 0 Å². The third kappa shape index (κ3) is 3.00. The lowest BCUT2D eigenvalue weighted by Crippen LogP contribution is -2.70. The first-order valence-electron chi connectivity index (χ1n) is 9.75. The van der Waals surface area contributed by atoms with Crippen LogP contribution in [0.4, 0.5) is 0 Å². The normalized spacial score (nSPS) is 35.7. The molecule has 0 saturated carbocycles. The fourth-order valence-corrected chi connectivity index (χ4v) is 4.45. The second-order valence-electron chi connectivity index (χ2n) is 8.86. The maximum Gasteiger partial charge on any atom is 0.342 e. The zero-order valence-corrected chi connectivity index (χ0v) is 17.5. The number of carbonyl (C=O) groups excluding carboxylic acids is 1. The number of rotatable bonds is 3. The quantitative estimate of drug-likeness (QED) is 0.806. The standard InChI is InChI=1S/C21H30O7/c1-9(2)15(22)16(23)18-20(6)14(11(4)21(7,25)28-18)8-13-17(27-20)10(3)12(5)26-19(13)24/h9,11,14,16,18,23,25H,8H2,1-7H3/t11-,14-,16-,18-,20+,21+/m1/s1. The summed E-state index contributed by atoms with van der Waals surface area (Å²) in [6, 6.07) is 0. The van der Waals surface area contributed by atoms with Crippen molar-refractivity contribution in [3.8, 4) is 5.75 Å². The number of aliphatic hydroxyl groups is 2. The second kappa shape index (κ2) is 6.68. The Morgan fingerprint density at radius 3 is 2.43 bits per heavy atom. The van der Waals surface area contributed by atoms with Gasteiger partial charge in [-0.25, -0.2) is 4.79 Å². The van der Waals surface area contributed by atoms with Crippen LogP contribution in [0.2, 0.25) is 0 Å². The highest BCUT2D eigenvalue weighted by atomic mass is 16.7. The Morgan fingerprint density at radius 1 is 1.25 bits per heavy atom. The van der Waals surface area contributed by atoms with Gasteiger partial charge in [-0.3, -0.25) is 4.79 Å².